The van der Waals surface area contributed by atoms with Gasteiger partial charge in [-0.2, -0.15) is 0 Å². The van der Waals surface area contributed by atoms with E-state index in [0.717, 1.165) is 42.9 Å². The fraction of sp³-hybridized carbons (Fsp3) is 0.344. The molecule has 0 amide bonds. The highest BCUT2D eigenvalue weighted by atomic mass is 16.5. The molecule has 1 atom stereocenters. The molecule has 36 heavy (non-hydrogen) atoms. The van der Waals surface area contributed by atoms with Gasteiger partial charge in [0.25, 0.3) is 0 Å². The van der Waals surface area contributed by atoms with Crippen molar-refractivity contribution >= 4 is 16.8 Å². The molecule has 4 heteroatoms. The minimum atomic E-state index is 0.645. The predicted molar refractivity (Wildman–Crippen MR) is 147 cm³/mol. The summed E-state index contributed by atoms with van der Waals surface area (Å²) in [6.45, 7) is 6.66. The lowest BCUT2D eigenvalue weighted by molar-refractivity contribution is 0.258. The van der Waals surface area contributed by atoms with Crippen molar-refractivity contribution in [1.82, 2.24) is 14.3 Å². The molecule has 2 aliphatic rings. The number of benzene rings is 2. The van der Waals surface area contributed by atoms with E-state index in [4.69, 9.17) is 9.72 Å². The second-order valence-corrected chi connectivity index (χ2v) is 10.4. The van der Waals surface area contributed by atoms with Crippen LogP contribution >= 0.6 is 0 Å². The number of aryl methyl sites for hydroxylation is 2. The number of methoxy groups -OCH3 is 1. The Morgan fingerprint density at radius 1 is 1.00 bits per heavy atom. The quantitative estimate of drug-likeness (QED) is 0.312. The van der Waals surface area contributed by atoms with Gasteiger partial charge in [0.15, 0.2) is 0 Å². The zero-order chi connectivity index (χ0) is 24.6. The number of imidazole rings is 1. The molecule has 1 aliphatic heterocycles. The second kappa shape index (κ2) is 9.59. The van der Waals surface area contributed by atoms with Crippen LogP contribution in [0.15, 0.2) is 67.0 Å². The fourth-order valence-corrected chi connectivity index (χ4v) is 6.10. The number of ether oxygens (including phenoxy) is 1. The number of pyridine rings is 1. The van der Waals surface area contributed by atoms with E-state index in [-0.39, 0.29) is 0 Å². The van der Waals surface area contributed by atoms with Crippen LogP contribution in [0.4, 0.5) is 0 Å². The Morgan fingerprint density at radius 3 is 2.69 bits per heavy atom. The van der Waals surface area contributed by atoms with E-state index in [1.54, 1.807) is 7.11 Å². The zero-order valence-corrected chi connectivity index (χ0v) is 21.6. The van der Waals surface area contributed by atoms with Crippen molar-refractivity contribution in [1.29, 1.82) is 0 Å². The third kappa shape index (κ3) is 4.24. The highest BCUT2D eigenvalue weighted by Gasteiger charge is 2.23. The van der Waals surface area contributed by atoms with Gasteiger partial charge in [-0.25, -0.2) is 4.98 Å². The lowest BCUT2D eigenvalue weighted by Crippen LogP contribution is -2.26. The Labute approximate surface area is 214 Å². The Balaban J connectivity index is 1.50. The Bertz CT molecular complexity index is 1450. The van der Waals surface area contributed by atoms with Gasteiger partial charge in [-0.3, -0.25) is 4.90 Å². The molecule has 2 aromatic heterocycles. The van der Waals surface area contributed by atoms with E-state index in [9.17, 15) is 0 Å². The van der Waals surface area contributed by atoms with E-state index in [1.807, 2.05) is 0 Å². The molecule has 0 saturated carbocycles. The zero-order valence-electron chi connectivity index (χ0n) is 21.6. The highest BCUT2D eigenvalue weighted by molar-refractivity contribution is 6.00. The van der Waals surface area contributed by atoms with E-state index < -0.39 is 0 Å². The Kier molecular flexibility index (Phi) is 6.14. The maximum absolute atomic E-state index is 5.58. The summed E-state index contributed by atoms with van der Waals surface area (Å²) in [6.07, 6.45) is 10.2. The molecule has 4 aromatic rings. The van der Waals surface area contributed by atoms with Crippen LogP contribution in [-0.4, -0.2) is 34.0 Å². The number of aromatic nitrogens is 2. The number of hydrogen-bond acceptors (Lipinski definition) is 3. The number of hydrogen-bond donors (Lipinski definition) is 0. The molecule has 1 saturated heterocycles. The summed E-state index contributed by atoms with van der Waals surface area (Å²) in [6, 6.07) is 20.6. The van der Waals surface area contributed by atoms with Crippen LogP contribution in [0.5, 0.6) is 5.75 Å². The molecule has 0 spiro atoms. The Hall–Kier alpha value is -3.37. The summed E-state index contributed by atoms with van der Waals surface area (Å²) in [5, 5.41) is 0. The summed E-state index contributed by atoms with van der Waals surface area (Å²) >= 11 is 0. The van der Waals surface area contributed by atoms with Crippen LogP contribution in [0.1, 0.15) is 66.1 Å². The SMILES string of the molecule is COc1ccc2c(c1)CCCC(c1ccccc1C)=C2c1ccn2cc(CN3CCC[C@H]3C)nc2c1. The smallest absolute Gasteiger partial charge is 0.137 e. The summed E-state index contributed by atoms with van der Waals surface area (Å²) in [5.41, 5.74) is 11.5. The van der Waals surface area contributed by atoms with Gasteiger partial charge >= 0.3 is 0 Å². The number of likely N-dealkylation sites (tertiary alicyclic amines) is 1. The molecular formula is C32H35N3O. The number of nitrogens with zero attached hydrogens (tertiary/aromatic N) is 3. The monoisotopic (exact) mass is 477 g/mol. The maximum atomic E-state index is 5.58. The molecule has 1 fully saturated rings. The third-order valence-corrected chi connectivity index (χ3v) is 8.08. The van der Waals surface area contributed by atoms with Gasteiger partial charge in [0, 0.05) is 25.0 Å². The molecular weight excluding hydrogens is 442 g/mol. The summed E-state index contributed by atoms with van der Waals surface area (Å²) in [5.74, 6) is 0.928. The van der Waals surface area contributed by atoms with E-state index >= 15 is 0 Å². The highest BCUT2D eigenvalue weighted by Crippen LogP contribution is 2.41. The van der Waals surface area contributed by atoms with Crippen LogP contribution < -0.4 is 4.74 Å². The molecule has 0 radical (unpaired) electrons. The molecule has 0 unspecified atom stereocenters. The molecule has 0 N–H and O–H groups in total. The van der Waals surface area contributed by atoms with Crippen molar-refractivity contribution < 1.29 is 4.74 Å². The topological polar surface area (TPSA) is 29.8 Å². The number of rotatable bonds is 5. The number of allylic oxidation sites excluding steroid dienone is 1. The minimum Gasteiger partial charge on any atom is -0.497 e. The van der Waals surface area contributed by atoms with Crippen LogP contribution in [0.3, 0.4) is 0 Å². The van der Waals surface area contributed by atoms with Gasteiger partial charge < -0.3 is 9.14 Å². The predicted octanol–water partition coefficient (Wildman–Crippen LogP) is 6.93. The van der Waals surface area contributed by atoms with Crippen molar-refractivity contribution in [2.75, 3.05) is 13.7 Å². The summed E-state index contributed by atoms with van der Waals surface area (Å²) in [7, 11) is 1.75. The van der Waals surface area contributed by atoms with Gasteiger partial charge in [-0.1, -0.05) is 30.3 Å². The Morgan fingerprint density at radius 2 is 1.89 bits per heavy atom. The lowest BCUT2D eigenvalue weighted by Gasteiger charge is -2.19. The van der Waals surface area contributed by atoms with Crippen LogP contribution in [0.2, 0.25) is 0 Å². The van der Waals surface area contributed by atoms with Crippen LogP contribution in [0.25, 0.3) is 16.8 Å². The van der Waals surface area contributed by atoms with Crippen LogP contribution in [-0.2, 0) is 13.0 Å². The van der Waals surface area contributed by atoms with Crippen molar-refractivity contribution in [3.63, 3.8) is 0 Å². The van der Waals surface area contributed by atoms with Crippen molar-refractivity contribution in [3.05, 3.63) is 101 Å². The first-order valence-electron chi connectivity index (χ1n) is 13.3. The molecule has 4 nitrogen and oxygen atoms in total. The number of fused-ring (bicyclic) bond motifs is 2. The fourth-order valence-electron chi connectivity index (χ4n) is 6.10. The molecule has 1 aliphatic carbocycles. The molecule has 6 rings (SSSR count). The first-order chi connectivity index (χ1) is 17.6. The van der Waals surface area contributed by atoms with Gasteiger partial charge in [0.2, 0.25) is 0 Å². The van der Waals surface area contributed by atoms with Crippen molar-refractivity contribution in [2.45, 2.75) is 58.5 Å². The van der Waals surface area contributed by atoms with Gasteiger partial charge in [0.1, 0.15) is 11.4 Å². The van der Waals surface area contributed by atoms with Gasteiger partial charge in [0.05, 0.1) is 12.8 Å². The molecule has 0 bridgehead atoms. The van der Waals surface area contributed by atoms with E-state index in [2.05, 4.69) is 90.1 Å². The average molecular weight is 478 g/mol. The van der Waals surface area contributed by atoms with Gasteiger partial charge in [-0.05, 0) is 116 Å². The largest absolute Gasteiger partial charge is 0.497 e. The van der Waals surface area contributed by atoms with Crippen molar-refractivity contribution in [3.8, 4) is 5.75 Å². The lowest BCUT2D eigenvalue weighted by atomic mass is 9.87. The molecule has 184 valence electrons. The minimum absolute atomic E-state index is 0.645. The summed E-state index contributed by atoms with van der Waals surface area (Å²) in [4.78, 5) is 7.62. The third-order valence-electron chi connectivity index (χ3n) is 8.08. The summed E-state index contributed by atoms with van der Waals surface area (Å²) < 4.78 is 7.76. The molecule has 3 heterocycles. The average Bonchev–Trinajstić information content (AvgIpc) is 3.43. The normalized spacial score (nSPS) is 18.5. The van der Waals surface area contributed by atoms with Crippen molar-refractivity contribution in [2.24, 2.45) is 0 Å². The first-order valence-corrected chi connectivity index (χ1v) is 13.3. The standard InChI is InChI=1S/C32H35N3O/c1-22-8-4-5-11-28(22)30-12-6-10-24-18-27(36-3)13-14-29(24)32(30)25-15-17-35-21-26(33-31(35)19-25)20-34-16-7-9-23(34)2/h4-5,8,11,13-15,17-19,21,23H,6-7,9-10,12,16,20H2,1-3H3/t23-/m1/s1. The molecule has 2 aromatic carbocycles. The van der Waals surface area contributed by atoms with E-state index in [0.29, 0.717) is 6.04 Å². The maximum Gasteiger partial charge on any atom is 0.137 e. The van der Waals surface area contributed by atoms with Crippen LogP contribution in [0, 0.1) is 6.92 Å². The first kappa shape index (κ1) is 23.1. The second-order valence-electron chi connectivity index (χ2n) is 10.4. The van der Waals surface area contributed by atoms with E-state index in [1.165, 1.54) is 58.3 Å². The van der Waals surface area contributed by atoms with Gasteiger partial charge in [-0.15, -0.1) is 0 Å².